The van der Waals surface area contributed by atoms with Crippen molar-refractivity contribution in [2.75, 3.05) is 67.2 Å². The Morgan fingerprint density at radius 2 is 1.21 bits per heavy atom. The molecule has 0 bridgehead atoms. The quantitative estimate of drug-likeness (QED) is 0.681. The van der Waals surface area contributed by atoms with E-state index in [-0.39, 0.29) is 0 Å². The number of nitrogens with zero attached hydrogens (tertiary/aromatic N) is 7. The summed E-state index contributed by atoms with van der Waals surface area (Å²) in [6, 6.07) is 12.1. The highest BCUT2D eigenvalue weighted by Gasteiger charge is 2.20. The topological polar surface area (TPSA) is 70.5 Å². The lowest BCUT2D eigenvalue weighted by molar-refractivity contribution is 0.122. The third-order valence-corrected chi connectivity index (χ3v) is 5.33. The molecule has 0 spiro atoms. The van der Waals surface area contributed by atoms with Crippen LogP contribution in [0.3, 0.4) is 0 Å². The zero-order valence-electron chi connectivity index (χ0n) is 15.7. The molecule has 2 fully saturated rings. The number of fused-ring (bicyclic) bond motifs is 1. The maximum absolute atomic E-state index is 5.40. The third kappa shape index (κ3) is 3.43. The smallest absolute Gasteiger partial charge is 0.151 e. The molecule has 0 unspecified atom stereocenters. The minimum Gasteiger partial charge on any atom is -0.378 e. The zero-order chi connectivity index (χ0) is 18.8. The minimum atomic E-state index is 0.753. The van der Waals surface area contributed by atoms with Crippen molar-refractivity contribution in [3.63, 3.8) is 0 Å². The number of para-hydroxylation sites is 2. The van der Waals surface area contributed by atoms with Crippen molar-refractivity contribution in [3.05, 3.63) is 42.6 Å². The van der Waals surface area contributed by atoms with Crippen molar-refractivity contribution in [1.29, 1.82) is 0 Å². The Hall–Kier alpha value is -3.00. The standard InChI is InChI=1S/C20H23N7O/c1-2-4-17-16(3-1)21-15-20(22-17)26-9-7-25(8-10-26)18-5-6-19(24-23-18)27-11-13-28-14-12-27/h1-6,15H,7-14H2. The lowest BCUT2D eigenvalue weighted by atomic mass is 10.3. The van der Waals surface area contributed by atoms with Crippen molar-refractivity contribution in [2.45, 2.75) is 0 Å². The monoisotopic (exact) mass is 377 g/mol. The highest BCUT2D eigenvalue weighted by Crippen LogP contribution is 2.20. The average molecular weight is 377 g/mol. The van der Waals surface area contributed by atoms with Gasteiger partial charge < -0.3 is 19.4 Å². The van der Waals surface area contributed by atoms with Crippen LogP contribution in [0.15, 0.2) is 42.6 Å². The van der Waals surface area contributed by atoms with Crippen LogP contribution in [0.25, 0.3) is 11.0 Å². The van der Waals surface area contributed by atoms with E-state index in [0.717, 1.165) is 81.0 Å². The van der Waals surface area contributed by atoms with Gasteiger partial charge >= 0.3 is 0 Å². The van der Waals surface area contributed by atoms with E-state index < -0.39 is 0 Å². The normalized spacial score (nSPS) is 17.9. The van der Waals surface area contributed by atoms with Crippen LogP contribution in [0.5, 0.6) is 0 Å². The van der Waals surface area contributed by atoms with E-state index in [9.17, 15) is 0 Å². The van der Waals surface area contributed by atoms with Crippen LogP contribution in [0, 0.1) is 0 Å². The summed E-state index contributed by atoms with van der Waals surface area (Å²) >= 11 is 0. The molecule has 3 aromatic rings. The Labute approximate surface area is 163 Å². The first-order chi connectivity index (χ1) is 13.9. The number of hydrogen-bond acceptors (Lipinski definition) is 8. The Kier molecular flexibility index (Phi) is 4.62. The number of anilines is 3. The van der Waals surface area contributed by atoms with Gasteiger partial charge in [-0.15, -0.1) is 10.2 Å². The predicted octanol–water partition coefficient (Wildman–Crippen LogP) is 1.58. The Bertz CT molecular complexity index is 935. The van der Waals surface area contributed by atoms with Gasteiger partial charge in [-0.1, -0.05) is 12.1 Å². The molecule has 8 nitrogen and oxygen atoms in total. The fourth-order valence-electron chi connectivity index (χ4n) is 3.71. The maximum Gasteiger partial charge on any atom is 0.151 e. The van der Waals surface area contributed by atoms with Gasteiger partial charge in [0.1, 0.15) is 5.82 Å². The molecule has 28 heavy (non-hydrogen) atoms. The molecule has 2 saturated heterocycles. The first kappa shape index (κ1) is 17.1. The number of rotatable bonds is 3. The van der Waals surface area contributed by atoms with E-state index in [1.54, 1.807) is 0 Å². The fraction of sp³-hybridized carbons (Fsp3) is 0.400. The number of morpholine rings is 1. The van der Waals surface area contributed by atoms with Gasteiger partial charge in [-0.2, -0.15) is 0 Å². The molecule has 1 aromatic carbocycles. The highest BCUT2D eigenvalue weighted by molar-refractivity contribution is 5.75. The van der Waals surface area contributed by atoms with Gasteiger partial charge in [0.25, 0.3) is 0 Å². The van der Waals surface area contributed by atoms with E-state index in [2.05, 4.69) is 42.0 Å². The van der Waals surface area contributed by atoms with Gasteiger partial charge in [-0.3, -0.25) is 4.98 Å². The lowest BCUT2D eigenvalue weighted by Gasteiger charge is -2.36. The van der Waals surface area contributed by atoms with E-state index in [0.29, 0.717) is 0 Å². The lowest BCUT2D eigenvalue weighted by Crippen LogP contribution is -2.47. The molecule has 2 aliphatic heterocycles. The van der Waals surface area contributed by atoms with Crippen LogP contribution in [-0.4, -0.2) is 72.6 Å². The van der Waals surface area contributed by atoms with Crippen LogP contribution in [-0.2, 0) is 4.74 Å². The van der Waals surface area contributed by atoms with Gasteiger partial charge in [-0.25, -0.2) is 4.98 Å². The van der Waals surface area contributed by atoms with Gasteiger partial charge in [0, 0.05) is 39.3 Å². The van der Waals surface area contributed by atoms with Crippen molar-refractivity contribution < 1.29 is 4.74 Å². The average Bonchev–Trinajstić information content (AvgIpc) is 2.80. The van der Waals surface area contributed by atoms with Gasteiger partial charge in [0.15, 0.2) is 11.6 Å². The van der Waals surface area contributed by atoms with Crippen LogP contribution < -0.4 is 14.7 Å². The summed E-state index contributed by atoms with van der Waals surface area (Å²) in [7, 11) is 0. The molecular weight excluding hydrogens is 354 g/mol. The number of piperazine rings is 1. The van der Waals surface area contributed by atoms with Gasteiger partial charge in [-0.05, 0) is 24.3 Å². The predicted molar refractivity (Wildman–Crippen MR) is 109 cm³/mol. The van der Waals surface area contributed by atoms with Crippen LogP contribution in [0.2, 0.25) is 0 Å². The summed E-state index contributed by atoms with van der Waals surface area (Å²) in [4.78, 5) is 16.1. The molecule has 0 radical (unpaired) electrons. The number of ether oxygens (including phenoxy) is 1. The SMILES string of the molecule is c1ccc2nc(N3CCN(c4ccc(N5CCOCC5)nn4)CC3)cnc2c1. The molecule has 5 rings (SSSR count). The second-order valence-electron chi connectivity index (χ2n) is 7.04. The Morgan fingerprint density at radius 3 is 1.86 bits per heavy atom. The van der Waals surface area contributed by atoms with E-state index in [1.165, 1.54) is 0 Å². The molecule has 0 saturated carbocycles. The van der Waals surface area contributed by atoms with Crippen LogP contribution in [0.4, 0.5) is 17.5 Å². The van der Waals surface area contributed by atoms with Crippen molar-refractivity contribution in [3.8, 4) is 0 Å². The fourth-order valence-corrected chi connectivity index (χ4v) is 3.71. The van der Waals surface area contributed by atoms with E-state index in [4.69, 9.17) is 9.72 Å². The first-order valence-corrected chi connectivity index (χ1v) is 9.75. The second-order valence-corrected chi connectivity index (χ2v) is 7.04. The molecule has 0 amide bonds. The van der Waals surface area contributed by atoms with Gasteiger partial charge in [0.05, 0.1) is 30.4 Å². The molecule has 0 N–H and O–H groups in total. The molecule has 2 aliphatic rings. The molecule has 4 heterocycles. The molecule has 0 aliphatic carbocycles. The minimum absolute atomic E-state index is 0.753. The number of aromatic nitrogens is 4. The van der Waals surface area contributed by atoms with Crippen molar-refractivity contribution >= 4 is 28.5 Å². The Morgan fingerprint density at radius 1 is 0.643 bits per heavy atom. The van der Waals surface area contributed by atoms with Crippen molar-refractivity contribution in [1.82, 2.24) is 20.2 Å². The highest BCUT2D eigenvalue weighted by atomic mass is 16.5. The molecule has 8 heteroatoms. The van der Waals surface area contributed by atoms with Crippen LogP contribution in [0.1, 0.15) is 0 Å². The Balaban J connectivity index is 1.23. The summed E-state index contributed by atoms with van der Waals surface area (Å²) in [5, 5.41) is 8.89. The third-order valence-electron chi connectivity index (χ3n) is 5.33. The number of benzene rings is 1. The maximum atomic E-state index is 5.40. The zero-order valence-corrected chi connectivity index (χ0v) is 15.7. The van der Waals surface area contributed by atoms with E-state index in [1.807, 2.05) is 30.5 Å². The molecule has 0 atom stereocenters. The summed E-state index contributed by atoms with van der Waals surface area (Å²) in [5.74, 6) is 2.80. The summed E-state index contributed by atoms with van der Waals surface area (Å²) < 4.78 is 5.40. The first-order valence-electron chi connectivity index (χ1n) is 9.75. The van der Waals surface area contributed by atoms with E-state index >= 15 is 0 Å². The molecule has 2 aromatic heterocycles. The summed E-state index contributed by atoms with van der Waals surface area (Å²) in [6.45, 7) is 6.81. The summed E-state index contributed by atoms with van der Waals surface area (Å²) in [6.07, 6.45) is 1.87. The summed E-state index contributed by atoms with van der Waals surface area (Å²) in [5.41, 5.74) is 1.87. The van der Waals surface area contributed by atoms with Gasteiger partial charge in [0.2, 0.25) is 0 Å². The van der Waals surface area contributed by atoms with Crippen LogP contribution >= 0.6 is 0 Å². The molecular formula is C20H23N7O. The largest absolute Gasteiger partial charge is 0.378 e. The van der Waals surface area contributed by atoms with Crippen molar-refractivity contribution in [2.24, 2.45) is 0 Å². The molecule has 144 valence electrons. The second kappa shape index (κ2) is 7.55. The number of hydrogen-bond donors (Lipinski definition) is 0.